The molecule has 0 nitrogen and oxygen atoms in total. The van der Waals surface area contributed by atoms with Crippen molar-refractivity contribution < 1.29 is 0 Å². The van der Waals surface area contributed by atoms with Crippen LogP contribution in [-0.2, 0) is 0 Å². The minimum atomic E-state index is 1.03. The fourth-order valence-corrected chi connectivity index (χ4v) is 0.493. The van der Waals surface area contributed by atoms with Crippen LogP contribution in [0.1, 0.15) is 33.1 Å². The molecule has 0 N–H and O–H groups in total. The maximum Gasteiger partial charge on any atom is -0.0348 e. The van der Waals surface area contributed by atoms with Gasteiger partial charge in [0.2, 0.25) is 0 Å². The first kappa shape index (κ1) is 7.74. The van der Waals surface area contributed by atoms with Crippen molar-refractivity contribution in [2.75, 3.05) is 0 Å². The van der Waals surface area contributed by atoms with Crippen molar-refractivity contribution in [1.82, 2.24) is 0 Å². The molecule has 0 aliphatic heterocycles. The number of rotatable bonds is 3. The molecule has 0 unspecified atom stereocenters. The number of allylic oxidation sites excluding steroid dienone is 2. The smallest absolute Gasteiger partial charge is 0.0348 e. The highest BCUT2D eigenvalue weighted by atomic mass is 13.9. The molecule has 0 amide bonds. The monoisotopic (exact) mass is 111 g/mol. The minimum absolute atomic E-state index is 1.03. The topological polar surface area (TPSA) is 0 Å². The number of unbranched alkanes of at least 4 members (excludes halogenated alkanes) is 1. The average Bonchev–Trinajstić information content (AvgIpc) is 1.83. The summed E-state index contributed by atoms with van der Waals surface area (Å²) in [7, 11) is 0. The highest BCUT2D eigenvalue weighted by Crippen LogP contribution is 2.00. The zero-order valence-corrected chi connectivity index (χ0v) is 5.91. The van der Waals surface area contributed by atoms with E-state index in [9.17, 15) is 0 Å². The quantitative estimate of drug-likeness (QED) is 0.491. The highest BCUT2D eigenvalue weighted by Gasteiger charge is 1.79. The van der Waals surface area contributed by atoms with E-state index in [2.05, 4.69) is 26.8 Å². The van der Waals surface area contributed by atoms with Crippen molar-refractivity contribution >= 4 is 0 Å². The third-order valence-electron chi connectivity index (χ3n) is 1.25. The Bertz CT molecular complexity index is 70.1. The largest absolute Gasteiger partial charge is 0.0856 e. The van der Waals surface area contributed by atoms with Crippen LogP contribution in [0.3, 0.4) is 0 Å². The summed E-state index contributed by atoms with van der Waals surface area (Å²) in [6.45, 7) is 8.09. The molecule has 0 bridgehead atoms. The van der Waals surface area contributed by atoms with E-state index >= 15 is 0 Å². The summed E-state index contributed by atoms with van der Waals surface area (Å²) in [6.07, 6.45) is 5.60. The van der Waals surface area contributed by atoms with Gasteiger partial charge in [-0.15, -0.1) is 0 Å². The predicted molar refractivity (Wildman–Crippen MR) is 38.6 cm³/mol. The zero-order chi connectivity index (χ0) is 6.41. The van der Waals surface area contributed by atoms with E-state index in [0.717, 1.165) is 12.8 Å². The van der Waals surface area contributed by atoms with Crippen LogP contribution in [0.2, 0.25) is 0 Å². The van der Waals surface area contributed by atoms with Crippen LogP contribution in [0.4, 0.5) is 0 Å². The molecule has 0 heteroatoms. The van der Waals surface area contributed by atoms with Crippen molar-refractivity contribution in [3.63, 3.8) is 0 Å². The van der Waals surface area contributed by atoms with Crippen LogP contribution < -0.4 is 0 Å². The van der Waals surface area contributed by atoms with Gasteiger partial charge in [-0.05, 0) is 26.2 Å². The molecule has 0 aromatic rings. The van der Waals surface area contributed by atoms with Gasteiger partial charge < -0.3 is 0 Å². The Morgan fingerprint density at radius 1 is 1.62 bits per heavy atom. The Balaban J connectivity index is 3.26. The fourth-order valence-electron chi connectivity index (χ4n) is 0.493. The Kier molecular flexibility index (Phi) is 4.73. The first-order chi connectivity index (χ1) is 3.81. The van der Waals surface area contributed by atoms with Crippen LogP contribution in [0.25, 0.3) is 0 Å². The summed E-state index contributed by atoms with van der Waals surface area (Å²) < 4.78 is 0. The van der Waals surface area contributed by atoms with E-state index in [1.54, 1.807) is 0 Å². The summed E-state index contributed by atoms with van der Waals surface area (Å²) in [6, 6.07) is 0. The molecule has 0 fully saturated rings. The molecule has 0 aliphatic rings. The molecular formula is C8H15. The molecule has 0 aliphatic carbocycles. The Morgan fingerprint density at radius 3 is 2.62 bits per heavy atom. The molecule has 0 atom stereocenters. The summed E-state index contributed by atoms with van der Waals surface area (Å²) in [5.41, 5.74) is 1.48. The van der Waals surface area contributed by atoms with Crippen molar-refractivity contribution in [2.24, 2.45) is 0 Å². The molecule has 0 heterocycles. The van der Waals surface area contributed by atoms with Gasteiger partial charge in [0.05, 0.1) is 0 Å². The van der Waals surface area contributed by atoms with E-state index in [-0.39, 0.29) is 0 Å². The van der Waals surface area contributed by atoms with E-state index in [0.29, 0.717) is 0 Å². The van der Waals surface area contributed by atoms with Crippen molar-refractivity contribution in [2.45, 2.75) is 33.1 Å². The standard InChI is InChI=1S/C8H15/c1-4-6-7-8(3)5-2/h7H,1,4-6H2,2-3H3. The molecule has 1 radical (unpaired) electrons. The van der Waals surface area contributed by atoms with Crippen molar-refractivity contribution in [3.05, 3.63) is 18.6 Å². The van der Waals surface area contributed by atoms with Crippen molar-refractivity contribution in [3.8, 4) is 0 Å². The van der Waals surface area contributed by atoms with Crippen LogP contribution >= 0.6 is 0 Å². The first-order valence-corrected chi connectivity index (χ1v) is 3.26. The third kappa shape index (κ3) is 3.91. The summed E-state index contributed by atoms with van der Waals surface area (Å²) in [5.74, 6) is 0. The van der Waals surface area contributed by atoms with Crippen LogP contribution in [0.5, 0.6) is 0 Å². The maximum absolute atomic E-state index is 3.75. The molecule has 0 aromatic heterocycles. The lowest BCUT2D eigenvalue weighted by Gasteiger charge is -1.91. The van der Waals surface area contributed by atoms with Gasteiger partial charge in [0.25, 0.3) is 0 Å². The molecule has 0 saturated heterocycles. The molecule has 47 valence electrons. The lowest BCUT2D eigenvalue weighted by atomic mass is 10.2. The second kappa shape index (κ2) is 4.89. The Morgan fingerprint density at radius 2 is 2.25 bits per heavy atom. The zero-order valence-electron chi connectivity index (χ0n) is 5.91. The van der Waals surface area contributed by atoms with E-state index in [1.807, 2.05) is 0 Å². The van der Waals surface area contributed by atoms with E-state index < -0.39 is 0 Å². The molecule has 0 rings (SSSR count). The third-order valence-corrected chi connectivity index (χ3v) is 1.25. The van der Waals surface area contributed by atoms with Gasteiger partial charge in [-0.1, -0.05) is 25.5 Å². The van der Waals surface area contributed by atoms with Crippen LogP contribution in [-0.4, -0.2) is 0 Å². The molecular weight excluding hydrogens is 96.1 g/mol. The van der Waals surface area contributed by atoms with E-state index in [4.69, 9.17) is 0 Å². The normalized spacial score (nSPS) is 12.1. The van der Waals surface area contributed by atoms with E-state index in [1.165, 1.54) is 12.0 Å². The second-order valence-corrected chi connectivity index (χ2v) is 2.05. The molecule has 0 saturated carbocycles. The average molecular weight is 111 g/mol. The number of hydrogen-bond acceptors (Lipinski definition) is 0. The summed E-state index contributed by atoms with van der Waals surface area (Å²) >= 11 is 0. The van der Waals surface area contributed by atoms with Gasteiger partial charge in [0.15, 0.2) is 0 Å². The van der Waals surface area contributed by atoms with Gasteiger partial charge >= 0.3 is 0 Å². The van der Waals surface area contributed by atoms with Crippen LogP contribution in [0.15, 0.2) is 11.6 Å². The SMILES string of the molecule is [CH2]CCC=C(C)CC. The van der Waals surface area contributed by atoms with Crippen molar-refractivity contribution in [1.29, 1.82) is 0 Å². The lowest BCUT2D eigenvalue weighted by Crippen LogP contribution is -1.70. The summed E-state index contributed by atoms with van der Waals surface area (Å²) in [5, 5.41) is 0. The molecule has 0 aromatic carbocycles. The summed E-state index contributed by atoms with van der Waals surface area (Å²) in [4.78, 5) is 0. The highest BCUT2D eigenvalue weighted by molar-refractivity contribution is 4.96. The minimum Gasteiger partial charge on any atom is -0.0856 e. The molecule has 8 heavy (non-hydrogen) atoms. The van der Waals surface area contributed by atoms with Gasteiger partial charge in [0.1, 0.15) is 0 Å². The first-order valence-electron chi connectivity index (χ1n) is 3.26. The Hall–Kier alpha value is -0.260. The predicted octanol–water partition coefficient (Wildman–Crippen LogP) is 2.96. The maximum atomic E-state index is 3.75. The van der Waals surface area contributed by atoms with Gasteiger partial charge in [-0.25, -0.2) is 0 Å². The number of hydrogen-bond donors (Lipinski definition) is 0. The van der Waals surface area contributed by atoms with Gasteiger partial charge in [-0.3, -0.25) is 0 Å². The lowest BCUT2D eigenvalue weighted by molar-refractivity contribution is 0.997. The molecule has 0 spiro atoms. The van der Waals surface area contributed by atoms with Crippen LogP contribution in [0, 0.1) is 6.92 Å². The fraction of sp³-hybridized carbons (Fsp3) is 0.625. The van der Waals surface area contributed by atoms with Gasteiger partial charge in [-0.2, -0.15) is 0 Å². The Labute approximate surface area is 52.6 Å². The van der Waals surface area contributed by atoms with Gasteiger partial charge in [0, 0.05) is 0 Å². The second-order valence-electron chi connectivity index (χ2n) is 2.05.